The van der Waals surface area contributed by atoms with E-state index in [2.05, 4.69) is 99.0 Å². The summed E-state index contributed by atoms with van der Waals surface area (Å²) < 4.78 is 21.0. The van der Waals surface area contributed by atoms with Gasteiger partial charge < -0.3 is 18.3 Å². The average Bonchev–Trinajstić information content (AvgIpc) is 3.53. The maximum atomic E-state index is 6.28. The minimum absolute atomic E-state index is 0.395. The highest BCUT2D eigenvalue weighted by atomic mass is 16.7. The molecular formula is C31H27BN2O3. The molecule has 37 heavy (non-hydrogen) atoms. The van der Waals surface area contributed by atoms with E-state index in [-0.39, 0.29) is 0 Å². The van der Waals surface area contributed by atoms with Gasteiger partial charge in [0.15, 0.2) is 5.58 Å². The molecule has 0 radical (unpaired) electrons. The molecule has 0 amide bonds. The van der Waals surface area contributed by atoms with Crippen LogP contribution in [0.2, 0.25) is 0 Å². The van der Waals surface area contributed by atoms with Crippen molar-refractivity contribution in [3.8, 4) is 17.1 Å². The normalized spacial score (nSPS) is 16.8. The molecule has 0 spiro atoms. The number of hydrogen-bond donors (Lipinski definition) is 0. The number of oxazole rings is 1. The molecule has 0 N–H and O–H groups in total. The van der Waals surface area contributed by atoms with Crippen molar-refractivity contribution in [3.05, 3.63) is 91.0 Å². The van der Waals surface area contributed by atoms with Crippen molar-refractivity contribution >= 4 is 45.5 Å². The summed E-state index contributed by atoms with van der Waals surface area (Å²) in [5.74, 6) is 0.597. The molecule has 0 saturated carbocycles. The van der Waals surface area contributed by atoms with E-state index in [1.165, 1.54) is 10.9 Å². The van der Waals surface area contributed by atoms with Gasteiger partial charge in [-0.15, -0.1) is 0 Å². The maximum absolute atomic E-state index is 6.28. The van der Waals surface area contributed by atoms with Crippen LogP contribution >= 0.6 is 0 Å². The van der Waals surface area contributed by atoms with Crippen molar-refractivity contribution in [2.45, 2.75) is 38.9 Å². The molecule has 1 aliphatic heterocycles. The summed E-state index contributed by atoms with van der Waals surface area (Å²) in [6.45, 7) is 8.23. The predicted octanol–water partition coefficient (Wildman–Crippen LogP) is 6.89. The first kappa shape index (κ1) is 22.3. The van der Waals surface area contributed by atoms with E-state index >= 15 is 0 Å². The van der Waals surface area contributed by atoms with E-state index in [9.17, 15) is 0 Å². The second kappa shape index (κ2) is 7.82. The number of benzene rings is 4. The Morgan fingerprint density at radius 1 is 0.703 bits per heavy atom. The second-order valence-corrected chi connectivity index (χ2v) is 10.8. The van der Waals surface area contributed by atoms with Crippen molar-refractivity contribution in [1.29, 1.82) is 0 Å². The van der Waals surface area contributed by atoms with Crippen molar-refractivity contribution in [3.63, 3.8) is 0 Å². The third-order valence-electron chi connectivity index (χ3n) is 7.87. The Kier molecular flexibility index (Phi) is 4.72. The lowest BCUT2D eigenvalue weighted by molar-refractivity contribution is 0.00578. The molecule has 182 valence electrons. The molecule has 0 bridgehead atoms. The van der Waals surface area contributed by atoms with Gasteiger partial charge >= 0.3 is 7.12 Å². The smallest absolute Gasteiger partial charge is 0.436 e. The Bertz CT molecular complexity index is 1780. The first-order chi connectivity index (χ1) is 17.8. The monoisotopic (exact) mass is 486 g/mol. The van der Waals surface area contributed by atoms with Crippen LogP contribution in [0.5, 0.6) is 0 Å². The minimum Gasteiger partial charge on any atom is -0.436 e. The van der Waals surface area contributed by atoms with Crippen LogP contribution < -0.4 is 5.46 Å². The van der Waals surface area contributed by atoms with Crippen LogP contribution in [0.15, 0.2) is 95.4 Å². The molecule has 0 atom stereocenters. The summed E-state index contributed by atoms with van der Waals surface area (Å²) >= 11 is 0. The lowest BCUT2D eigenvalue weighted by atomic mass is 9.79. The fourth-order valence-electron chi connectivity index (χ4n) is 5.15. The third kappa shape index (κ3) is 3.44. The zero-order valence-corrected chi connectivity index (χ0v) is 21.4. The van der Waals surface area contributed by atoms with Gasteiger partial charge in [0, 0.05) is 22.0 Å². The van der Waals surface area contributed by atoms with Gasteiger partial charge in [-0.3, -0.25) is 0 Å². The van der Waals surface area contributed by atoms with Gasteiger partial charge in [0.25, 0.3) is 0 Å². The second-order valence-electron chi connectivity index (χ2n) is 10.8. The molecule has 3 heterocycles. The van der Waals surface area contributed by atoms with E-state index in [1.807, 2.05) is 24.3 Å². The number of rotatable bonds is 3. The van der Waals surface area contributed by atoms with Crippen molar-refractivity contribution in [2.24, 2.45) is 0 Å². The summed E-state index contributed by atoms with van der Waals surface area (Å²) in [6.07, 6.45) is 0. The molecule has 1 fully saturated rings. The molecule has 1 aliphatic rings. The minimum atomic E-state index is -0.441. The molecule has 5 nitrogen and oxygen atoms in total. The topological polar surface area (TPSA) is 49.4 Å². The highest BCUT2D eigenvalue weighted by Gasteiger charge is 2.51. The van der Waals surface area contributed by atoms with Gasteiger partial charge in [-0.05, 0) is 81.7 Å². The van der Waals surface area contributed by atoms with Crippen LogP contribution in [0.1, 0.15) is 27.7 Å². The zero-order chi connectivity index (χ0) is 25.4. The number of aromatic nitrogens is 2. The molecule has 0 aliphatic carbocycles. The Hall–Kier alpha value is -3.87. The Labute approximate surface area is 215 Å². The lowest BCUT2D eigenvalue weighted by Crippen LogP contribution is -2.41. The van der Waals surface area contributed by atoms with Crippen molar-refractivity contribution in [1.82, 2.24) is 9.55 Å². The quantitative estimate of drug-likeness (QED) is 0.256. The molecule has 6 heteroatoms. The van der Waals surface area contributed by atoms with Crippen LogP contribution in [-0.2, 0) is 9.31 Å². The highest BCUT2D eigenvalue weighted by Crippen LogP contribution is 2.37. The fraction of sp³-hybridized carbons (Fsp3) is 0.194. The summed E-state index contributed by atoms with van der Waals surface area (Å²) in [6, 6.07) is 31.3. The zero-order valence-electron chi connectivity index (χ0n) is 21.4. The van der Waals surface area contributed by atoms with Gasteiger partial charge in [-0.25, -0.2) is 4.98 Å². The molecule has 7 rings (SSSR count). The Morgan fingerprint density at radius 3 is 2.19 bits per heavy atom. The van der Waals surface area contributed by atoms with E-state index in [4.69, 9.17) is 18.7 Å². The summed E-state index contributed by atoms with van der Waals surface area (Å²) in [7, 11) is -0.441. The van der Waals surface area contributed by atoms with Gasteiger partial charge in [0.05, 0.1) is 22.2 Å². The van der Waals surface area contributed by atoms with Crippen LogP contribution in [-0.4, -0.2) is 27.9 Å². The molecule has 2 aromatic heterocycles. The van der Waals surface area contributed by atoms with Crippen LogP contribution in [0.4, 0.5) is 0 Å². The van der Waals surface area contributed by atoms with E-state index in [0.717, 1.165) is 33.1 Å². The van der Waals surface area contributed by atoms with E-state index in [1.54, 1.807) is 0 Å². The van der Waals surface area contributed by atoms with Crippen molar-refractivity contribution < 1.29 is 13.7 Å². The molecular weight excluding hydrogens is 459 g/mol. The van der Waals surface area contributed by atoms with Crippen LogP contribution in [0.25, 0.3) is 50.0 Å². The van der Waals surface area contributed by atoms with E-state index in [0.29, 0.717) is 11.5 Å². The number of para-hydroxylation sites is 2. The van der Waals surface area contributed by atoms with Crippen molar-refractivity contribution in [2.75, 3.05) is 0 Å². The lowest BCUT2D eigenvalue weighted by Gasteiger charge is -2.32. The SMILES string of the molecule is CC1(C)OB(c2ccc3nc(-c4ccc5c(c4)c4ccccc4n5-c4ccccc4)oc3c2)OC1(C)C. The number of nitrogens with zero attached hydrogens (tertiary/aromatic N) is 2. The van der Waals surface area contributed by atoms with Gasteiger partial charge in [0.2, 0.25) is 5.89 Å². The first-order valence-electron chi connectivity index (χ1n) is 12.7. The summed E-state index contributed by atoms with van der Waals surface area (Å²) in [5, 5.41) is 2.36. The third-order valence-corrected chi connectivity index (χ3v) is 7.87. The molecule has 1 saturated heterocycles. The van der Waals surface area contributed by atoms with Crippen LogP contribution in [0, 0.1) is 0 Å². The van der Waals surface area contributed by atoms with Gasteiger partial charge in [-0.1, -0.05) is 42.5 Å². The number of fused-ring (bicyclic) bond motifs is 4. The van der Waals surface area contributed by atoms with Gasteiger partial charge in [-0.2, -0.15) is 0 Å². The highest BCUT2D eigenvalue weighted by molar-refractivity contribution is 6.62. The average molecular weight is 486 g/mol. The van der Waals surface area contributed by atoms with Gasteiger partial charge in [0.1, 0.15) is 5.52 Å². The van der Waals surface area contributed by atoms with E-state index < -0.39 is 18.3 Å². The maximum Gasteiger partial charge on any atom is 0.494 e. The molecule has 4 aromatic carbocycles. The standard InChI is InChI=1S/C31H27BN2O3/c1-30(2)31(3,4)37-32(36-30)21-15-16-25-28(19-21)35-29(33-25)20-14-17-27-24(18-20)23-12-8-9-13-26(23)34(27)22-10-6-5-7-11-22/h5-19H,1-4H3. The molecule has 6 aromatic rings. The predicted molar refractivity (Wildman–Crippen MR) is 149 cm³/mol. The summed E-state index contributed by atoms with van der Waals surface area (Å²) in [5.41, 5.74) is 6.06. The fourth-order valence-corrected chi connectivity index (χ4v) is 5.15. The Balaban J connectivity index is 1.32. The largest absolute Gasteiger partial charge is 0.494 e. The Morgan fingerprint density at radius 2 is 1.41 bits per heavy atom. The first-order valence-corrected chi connectivity index (χ1v) is 12.7. The number of hydrogen-bond acceptors (Lipinski definition) is 4. The van der Waals surface area contributed by atoms with Crippen LogP contribution in [0.3, 0.4) is 0 Å². The molecule has 0 unspecified atom stereocenters. The summed E-state index contributed by atoms with van der Waals surface area (Å²) in [4.78, 5) is 4.80.